The number of carbonyl (C=O) groups excluding carboxylic acids is 4. The van der Waals surface area contributed by atoms with E-state index in [1.807, 2.05) is 6.92 Å². The van der Waals surface area contributed by atoms with Crippen LogP contribution in [0.3, 0.4) is 0 Å². The minimum absolute atomic E-state index is 0.0526. The number of methoxy groups -OCH3 is 1. The average Bonchev–Trinajstić information content (AvgIpc) is 2.95. The highest BCUT2D eigenvalue weighted by Gasteiger charge is 2.41. The van der Waals surface area contributed by atoms with E-state index in [2.05, 4.69) is 5.32 Å². The molecule has 218 valence electrons. The summed E-state index contributed by atoms with van der Waals surface area (Å²) in [5.41, 5.74) is 6.82. The molecule has 1 heterocycles. The number of piperazine rings is 1. The van der Waals surface area contributed by atoms with Crippen LogP contribution in [0, 0.1) is 5.41 Å². The standard InChI is InChI=1S/C28H33N5O8/c1-3-41-20-10-4-17(5-11-20)14-21(31-26(37)19-8-6-18(7-9-19)25(29)30)27(38)33-13-12-32(16-23(34)35)28(39)22(33)15-24(36)40-2/h4-11,21-22H,3,12-16H2,1-2H3,(H3,29,30)(H,31,37)(H,34,35)/t21-,22-/m0/s1. The molecule has 2 aromatic carbocycles. The van der Waals surface area contributed by atoms with Crippen LogP contribution in [-0.2, 0) is 30.3 Å². The van der Waals surface area contributed by atoms with Gasteiger partial charge >= 0.3 is 11.9 Å². The maximum Gasteiger partial charge on any atom is 0.323 e. The predicted octanol–water partition coefficient (Wildman–Crippen LogP) is 0.398. The predicted molar refractivity (Wildman–Crippen MR) is 146 cm³/mol. The van der Waals surface area contributed by atoms with Crippen LogP contribution in [0.1, 0.15) is 34.8 Å². The van der Waals surface area contributed by atoms with Crippen molar-refractivity contribution in [2.24, 2.45) is 5.73 Å². The maximum absolute atomic E-state index is 13.9. The first-order valence-electron chi connectivity index (χ1n) is 12.9. The van der Waals surface area contributed by atoms with Crippen LogP contribution in [-0.4, -0.2) is 95.8 Å². The van der Waals surface area contributed by atoms with E-state index in [4.69, 9.17) is 20.6 Å². The Morgan fingerprint density at radius 1 is 1.07 bits per heavy atom. The summed E-state index contributed by atoms with van der Waals surface area (Å²) >= 11 is 0. The molecule has 3 amide bonds. The first-order valence-corrected chi connectivity index (χ1v) is 12.9. The molecule has 0 radical (unpaired) electrons. The Balaban J connectivity index is 1.92. The first-order chi connectivity index (χ1) is 19.5. The number of benzene rings is 2. The molecule has 0 aromatic heterocycles. The van der Waals surface area contributed by atoms with Gasteiger partial charge in [0.15, 0.2) is 0 Å². The Hall–Kier alpha value is -4.94. The van der Waals surface area contributed by atoms with Gasteiger partial charge in [-0.15, -0.1) is 0 Å². The smallest absolute Gasteiger partial charge is 0.323 e. The number of carbonyl (C=O) groups is 5. The minimum atomic E-state index is -1.31. The molecule has 1 aliphatic heterocycles. The molecule has 0 saturated carbocycles. The number of carboxylic acid groups (broad SMARTS) is 1. The van der Waals surface area contributed by atoms with Crippen LogP contribution in [0.15, 0.2) is 48.5 Å². The normalized spacial score (nSPS) is 15.6. The number of aliphatic carboxylic acids is 1. The number of rotatable bonds is 12. The van der Waals surface area contributed by atoms with Gasteiger partial charge in [-0.3, -0.25) is 29.4 Å². The molecule has 3 rings (SSSR count). The third-order valence-corrected chi connectivity index (χ3v) is 6.52. The number of nitrogen functional groups attached to an aromatic ring is 1. The fourth-order valence-electron chi connectivity index (χ4n) is 4.43. The fourth-order valence-corrected chi connectivity index (χ4v) is 4.43. The summed E-state index contributed by atoms with van der Waals surface area (Å²) in [6.45, 7) is 1.63. The van der Waals surface area contributed by atoms with Crippen molar-refractivity contribution in [3.05, 3.63) is 65.2 Å². The quantitative estimate of drug-likeness (QED) is 0.160. The second-order valence-corrected chi connectivity index (χ2v) is 9.28. The molecule has 0 spiro atoms. The number of carboxylic acids is 1. The highest BCUT2D eigenvalue weighted by molar-refractivity contribution is 6.01. The molecule has 1 fully saturated rings. The summed E-state index contributed by atoms with van der Waals surface area (Å²) in [7, 11) is 1.14. The van der Waals surface area contributed by atoms with Gasteiger partial charge in [-0.1, -0.05) is 24.3 Å². The molecule has 1 aliphatic rings. The van der Waals surface area contributed by atoms with Gasteiger partial charge in [0.25, 0.3) is 5.91 Å². The Labute approximate surface area is 236 Å². The van der Waals surface area contributed by atoms with Gasteiger partial charge in [0.1, 0.15) is 30.2 Å². The van der Waals surface area contributed by atoms with E-state index in [1.165, 1.54) is 29.2 Å². The molecule has 0 aliphatic carbocycles. The number of amides is 3. The zero-order valence-electron chi connectivity index (χ0n) is 22.8. The molecule has 0 bridgehead atoms. The van der Waals surface area contributed by atoms with Gasteiger partial charge in [0.05, 0.1) is 20.1 Å². The summed E-state index contributed by atoms with van der Waals surface area (Å²) in [5, 5.41) is 19.5. The van der Waals surface area contributed by atoms with Crippen LogP contribution >= 0.6 is 0 Å². The molecule has 2 aromatic rings. The lowest BCUT2D eigenvalue weighted by atomic mass is 10.0. The number of nitrogens with zero attached hydrogens (tertiary/aromatic N) is 2. The number of ether oxygens (including phenoxy) is 2. The van der Waals surface area contributed by atoms with Crippen LogP contribution in [0.5, 0.6) is 5.75 Å². The van der Waals surface area contributed by atoms with Crippen LogP contribution < -0.4 is 15.8 Å². The number of amidine groups is 1. The van der Waals surface area contributed by atoms with E-state index in [-0.39, 0.29) is 30.9 Å². The lowest BCUT2D eigenvalue weighted by Gasteiger charge is -2.41. The zero-order chi connectivity index (χ0) is 30.1. The SMILES string of the molecule is CCOc1ccc(C[C@H](NC(=O)c2ccc(C(=N)N)cc2)C(=O)N2CCN(CC(=O)O)C(=O)[C@@H]2CC(=O)OC)cc1. The monoisotopic (exact) mass is 567 g/mol. The van der Waals surface area contributed by atoms with E-state index in [0.717, 1.165) is 12.0 Å². The third-order valence-electron chi connectivity index (χ3n) is 6.52. The van der Waals surface area contributed by atoms with Crippen molar-refractivity contribution < 1.29 is 38.6 Å². The summed E-state index contributed by atoms with van der Waals surface area (Å²) in [6.07, 6.45) is -0.426. The van der Waals surface area contributed by atoms with Gasteiger partial charge in [-0.05, 0) is 36.8 Å². The molecule has 13 nitrogen and oxygen atoms in total. The Bertz CT molecular complexity index is 1300. The lowest BCUT2D eigenvalue weighted by Crippen LogP contribution is -2.63. The molecular formula is C28H33N5O8. The van der Waals surface area contributed by atoms with E-state index < -0.39 is 54.7 Å². The summed E-state index contributed by atoms with van der Waals surface area (Å²) < 4.78 is 10.2. The lowest BCUT2D eigenvalue weighted by molar-refractivity contribution is -0.159. The zero-order valence-corrected chi connectivity index (χ0v) is 22.8. The Morgan fingerprint density at radius 3 is 2.27 bits per heavy atom. The molecule has 13 heteroatoms. The average molecular weight is 568 g/mol. The summed E-state index contributed by atoms with van der Waals surface area (Å²) in [4.78, 5) is 66.0. The highest BCUT2D eigenvalue weighted by Crippen LogP contribution is 2.20. The first kappa shape index (κ1) is 30.6. The van der Waals surface area contributed by atoms with Crippen LogP contribution in [0.4, 0.5) is 0 Å². The molecule has 1 saturated heterocycles. The van der Waals surface area contributed by atoms with Crippen LogP contribution in [0.25, 0.3) is 0 Å². The number of esters is 1. The largest absolute Gasteiger partial charge is 0.494 e. The van der Waals surface area contributed by atoms with E-state index in [0.29, 0.717) is 23.5 Å². The van der Waals surface area contributed by atoms with Gasteiger partial charge in [-0.2, -0.15) is 0 Å². The second kappa shape index (κ2) is 13.9. The topological polar surface area (TPSA) is 192 Å². The number of nitrogens with two attached hydrogens (primary N) is 1. The van der Waals surface area contributed by atoms with Crippen LogP contribution in [0.2, 0.25) is 0 Å². The maximum atomic E-state index is 13.9. The van der Waals surface area contributed by atoms with Crippen molar-refractivity contribution in [2.45, 2.75) is 31.8 Å². The Kier molecular flexibility index (Phi) is 10.4. The number of hydrogen-bond acceptors (Lipinski definition) is 8. The van der Waals surface area contributed by atoms with E-state index in [1.54, 1.807) is 24.3 Å². The third kappa shape index (κ3) is 8.03. The van der Waals surface area contributed by atoms with Gasteiger partial charge in [0, 0.05) is 30.6 Å². The fraction of sp³-hybridized carbons (Fsp3) is 0.357. The molecular weight excluding hydrogens is 534 g/mol. The highest BCUT2D eigenvalue weighted by atomic mass is 16.5. The van der Waals surface area contributed by atoms with Crippen molar-refractivity contribution in [3.63, 3.8) is 0 Å². The number of nitrogens with one attached hydrogen (secondary N) is 2. The molecule has 41 heavy (non-hydrogen) atoms. The van der Waals surface area contributed by atoms with Crippen molar-refractivity contribution in [2.75, 3.05) is 33.4 Å². The molecule has 0 unspecified atom stereocenters. The molecule has 5 N–H and O–H groups in total. The van der Waals surface area contributed by atoms with Gasteiger partial charge < -0.3 is 35.4 Å². The summed E-state index contributed by atoms with van der Waals surface area (Å²) in [5.74, 6) is -3.42. The minimum Gasteiger partial charge on any atom is -0.494 e. The Morgan fingerprint density at radius 2 is 1.71 bits per heavy atom. The number of hydrogen-bond donors (Lipinski definition) is 4. The van der Waals surface area contributed by atoms with Crippen molar-refractivity contribution in [1.82, 2.24) is 15.1 Å². The van der Waals surface area contributed by atoms with E-state index >= 15 is 0 Å². The van der Waals surface area contributed by atoms with Crippen molar-refractivity contribution in [3.8, 4) is 5.75 Å². The summed E-state index contributed by atoms with van der Waals surface area (Å²) in [6, 6.07) is 10.5. The van der Waals surface area contributed by atoms with Crippen molar-refractivity contribution >= 4 is 35.5 Å². The van der Waals surface area contributed by atoms with Gasteiger partial charge in [0.2, 0.25) is 11.8 Å². The van der Waals surface area contributed by atoms with Crippen molar-refractivity contribution in [1.29, 1.82) is 5.41 Å². The second-order valence-electron chi connectivity index (χ2n) is 9.28. The van der Waals surface area contributed by atoms with E-state index in [9.17, 15) is 29.1 Å². The molecule has 2 atom stereocenters. The van der Waals surface area contributed by atoms with Gasteiger partial charge in [-0.25, -0.2) is 0 Å².